The van der Waals surface area contributed by atoms with Crippen LogP contribution in [0.2, 0.25) is 25.7 Å². The van der Waals surface area contributed by atoms with Gasteiger partial charge in [-0.05, 0) is 48.2 Å². The van der Waals surface area contributed by atoms with Crippen LogP contribution in [0.5, 0.6) is 0 Å². The number of benzene rings is 2. The van der Waals surface area contributed by atoms with E-state index in [0.717, 1.165) is 11.1 Å². The molecule has 1 amide bonds. The summed E-state index contributed by atoms with van der Waals surface area (Å²) in [7, 11) is -1.56. The lowest BCUT2D eigenvalue weighted by Gasteiger charge is -2.41. The fourth-order valence-corrected chi connectivity index (χ4v) is 5.92. The topological polar surface area (TPSA) is 74.8 Å². The Bertz CT molecular complexity index is 1250. The molecule has 1 unspecified atom stereocenters. The van der Waals surface area contributed by atoms with Crippen LogP contribution in [0.4, 0.5) is 18.0 Å². The van der Waals surface area contributed by atoms with Crippen molar-refractivity contribution in [3.63, 3.8) is 0 Å². The maximum absolute atomic E-state index is 14.1. The molecule has 3 aromatic rings. The first-order valence-corrected chi connectivity index (χ1v) is 17.0. The monoisotopic (exact) mass is 562 g/mol. The van der Waals surface area contributed by atoms with Crippen LogP contribution in [0.15, 0.2) is 54.7 Å². The van der Waals surface area contributed by atoms with E-state index in [4.69, 9.17) is 9.47 Å². The van der Waals surface area contributed by atoms with Crippen molar-refractivity contribution in [3.8, 4) is 0 Å². The normalized spacial score (nSPS) is 16.9. The summed E-state index contributed by atoms with van der Waals surface area (Å²) >= 11 is 0. The quantitative estimate of drug-likeness (QED) is 0.253. The van der Waals surface area contributed by atoms with Gasteiger partial charge in [0.25, 0.3) is 0 Å². The molecule has 2 aromatic carbocycles. The van der Waals surface area contributed by atoms with Crippen molar-refractivity contribution in [1.29, 1.82) is 0 Å². The van der Waals surface area contributed by atoms with Gasteiger partial charge in [0.2, 0.25) is 0 Å². The molecular formula is C29H37F3N2O4Si. The van der Waals surface area contributed by atoms with Crippen molar-refractivity contribution in [3.05, 3.63) is 71.4 Å². The number of carboxylic acid groups (broad SMARTS) is 1. The van der Waals surface area contributed by atoms with Gasteiger partial charge < -0.3 is 24.5 Å². The summed E-state index contributed by atoms with van der Waals surface area (Å²) in [5, 5.41) is 10.1. The van der Waals surface area contributed by atoms with E-state index < -0.39 is 26.4 Å². The van der Waals surface area contributed by atoms with Crippen LogP contribution >= 0.6 is 0 Å². The number of halogens is 3. The number of carbonyl (C=O) groups is 1. The van der Waals surface area contributed by atoms with Gasteiger partial charge in [-0.2, -0.15) is 13.2 Å². The molecule has 2 N–H and O–H groups in total. The smallest absolute Gasteiger partial charge is 0.418 e. The highest BCUT2D eigenvalue weighted by Gasteiger charge is 2.42. The summed E-state index contributed by atoms with van der Waals surface area (Å²) in [4.78, 5) is 16.0. The van der Waals surface area contributed by atoms with E-state index in [0.29, 0.717) is 49.5 Å². The maximum Gasteiger partial charge on any atom is 0.418 e. The zero-order chi connectivity index (χ0) is 28.3. The molecule has 6 nitrogen and oxygen atoms in total. The molecule has 1 aliphatic heterocycles. The number of amides is 1. The molecule has 39 heavy (non-hydrogen) atoms. The van der Waals surface area contributed by atoms with Crippen molar-refractivity contribution in [2.24, 2.45) is 0 Å². The first kappa shape index (κ1) is 29.2. The Morgan fingerprint density at radius 2 is 1.82 bits per heavy atom. The standard InChI is InChI=1S/C29H37F3N2O4Si/c1-39(2,3)16-15-38-26(29(30,31)32)22-17-21-9-12-33-25(21)23(18-22)19-37-20-28(24-7-5-4-6-8-24)10-13-34(14-11-28)27(35)36/h4-9,12,17-18,26,33H,10-11,13-16,19-20H2,1-3H3,(H,35,36). The Labute approximate surface area is 228 Å². The van der Waals surface area contributed by atoms with Crippen LogP contribution in [0.3, 0.4) is 0 Å². The minimum atomic E-state index is -4.54. The average Bonchev–Trinajstić information content (AvgIpc) is 3.35. The second-order valence-electron chi connectivity index (χ2n) is 11.6. The fraction of sp³-hybridized carbons (Fsp3) is 0.483. The zero-order valence-electron chi connectivity index (χ0n) is 22.7. The second-order valence-corrected chi connectivity index (χ2v) is 17.3. The number of likely N-dealkylation sites (tertiary alicyclic amines) is 1. The Kier molecular flexibility index (Phi) is 8.77. The molecule has 212 valence electrons. The molecule has 0 saturated carbocycles. The molecule has 10 heteroatoms. The van der Waals surface area contributed by atoms with E-state index >= 15 is 0 Å². The van der Waals surface area contributed by atoms with Crippen LogP contribution in [0.25, 0.3) is 10.9 Å². The lowest BCUT2D eigenvalue weighted by molar-refractivity contribution is -0.222. The molecule has 0 aliphatic carbocycles. The number of nitrogens with zero attached hydrogens (tertiary/aromatic N) is 1. The van der Waals surface area contributed by atoms with Crippen molar-refractivity contribution < 1.29 is 32.5 Å². The van der Waals surface area contributed by atoms with Crippen LogP contribution < -0.4 is 0 Å². The van der Waals surface area contributed by atoms with Crippen molar-refractivity contribution in [2.75, 3.05) is 26.3 Å². The highest BCUT2D eigenvalue weighted by Crippen LogP contribution is 2.39. The van der Waals surface area contributed by atoms with E-state index in [1.165, 1.54) is 17.0 Å². The molecule has 1 aliphatic rings. The Hall–Kier alpha value is -2.82. The SMILES string of the molecule is C[Si](C)(C)CCOC(c1cc(COCC2(c3ccccc3)CCN(C(=O)O)CC2)c2[nH]ccc2c1)C(F)(F)F. The van der Waals surface area contributed by atoms with Gasteiger partial charge >= 0.3 is 12.3 Å². The molecule has 1 atom stereocenters. The summed E-state index contributed by atoms with van der Waals surface area (Å²) < 4.78 is 54.0. The van der Waals surface area contributed by atoms with Gasteiger partial charge in [0, 0.05) is 50.3 Å². The summed E-state index contributed by atoms with van der Waals surface area (Å²) in [5.41, 5.74) is 2.12. The van der Waals surface area contributed by atoms with Crippen molar-refractivity contribution in [1.82, 2.24) is 9.88 Å². The van der Waals surface area contributed by atoms with Gasteiger partial charge in [0.1, 0.15) is 0 Å². The number of hydrogen-bond donors (Lipinski definition) is 2. The Balaban J connectivity index is 1.55. The molecular weight excluding hydrogens is 525 g/mol. The summed E-state index contributed by atoms with van der Waals surface area (Å²) in [6.07, 6.45) is -4.58. The second kappa shape index (κ2) is 11.7. The summed E-state index contributed by atoms with van der Waals surface area (Å²) in [6, 6.07) is 15.3. The fourth-order valence-electron chi connectivity index (χ4n) is 5.19. The molecule has 0 bridgehead atoms. The van der Waals surface area contributed by atoms with Gasteiger partial charge in [-0.1, -0.05) is 50.0 Å². The molecule has 0 spiro atoms. The summed E-state index contributed by atoms with van der Waals surface area (Å²) in [5.74, 6) is 0. The number of alkyl halides is 3. The van der Waals surface area contributed by atoms with E-state index in [1.54, 1.807) is 12.3 Å². The largest absolute Gasteiger partial charge is 0.465 e. The van der Waals surface area contributed by atoms with Crippen LogP contribution in [0, 0.1) is 0 Å². The number of fused-ring (bicyclic) bond motifs is 1. The van der Waals surface area contributed by atoms with E-state index in [9.17, 15) is 23.1 Å². The number of piperidine rings is 1. The first-order valence-electron chi connectivity index (χ1n) is 13.3. The molecule has 1 aromatic heterocycles. The van der Waals surface area contributed by atoms with E-state index in [1.807, 2.05) is 30.3 Å². The predicted octanol–water partition coefficient (Wildman–Crippen LogP) is 7.35. The van der Waals surface area contributed by atoms with Crippen molar-refractivity contribution in [2.45, 2.75) is 62.8 Å². The number of ether oxygens (including phenoxy) is 2. The lowest BCUT2D eigenvalue weighted by Crippen LogP contribution is -2.47. The minimum Gasteiger partial charge on any atom is -0.465 e. The van der Waals surface area contributed by atoms with Gasteiger partial charge in [-0.3, -0.25) is 0 Å². The highest BCUT2D eigenvalue weighted by molar-refractivity contribution is 6.76. The predicted molar refractivity (Wildman–Crippen MR) is 148 cm³/mol. The Morgan fingerprint density at radius 1 is 1.13 bits per heavy atom. The third-order valence-electron chi connectivity index (χ3n) is 7.51. The minimum absolute atomic E-state index is 0.0594. The number of nitrogens with one attached hydrogen (secondary N) is 1. The molecule has 1 saturated heterocycles. The summed E-state index contributed by atoms with van der Waals surface area (Å²) in [6.45, 7) is 7.60. The van der Waals surface area contributed by atoms with Gasteiger partial charge in [0.15, 0.2) is 6.10 Å². The first-order chi connectivity index (χ1) is 18.4. The highest BCUT2D eigenvalue weighted by atomic mass is 28.3. The molecule has 1 fully saturated rings. The van der Waals surface area contributed by atoms with E-state index in [2.05, 4.69) is 24.6 Å². The molecule has 4 rings (SSSR count). The number of H-pyrrole nitrogens is 1. The van der Waals surface area contributed by atoms with Crippen LogP contribution in [0.1, 0.15) is 35.6 Å². The zero-order valence-corrected chi connectivity index (χ0v) is 23.7. The Morgan fingerprint density at radius 3 is 2.44 bits per heavy atom. The number of hydrogen-bond acceptors (Lipinski definition) is 3. The molecule has 0 radical (unpaired) electrons. The lowest BCUT2D eigenvalue weighted by atomic mass is 9.73. The third kappa shape index (κ3) is 7.23. The third-order valence-corrected chi connectivity index (χ3v) is 9.22. The molecule has 2 heterocycles. The number of aromatic nitrogens is 1. The number of rotatable bonds is 10. The number of aromatic amines is 1. The average molecular weight is 563 g/mol. The van der Waals surface area contributed by atoms with Gasteiger partial charge in [0.05, 0.1) is 18.7 Å². The van der Waals surface area contributed by atoms with E-state index in [-0.39, 0.29) is 24.2 Å². The maximum atomic E-state index is 14.1. The van der Waals surface area contributed by atoms with Gasteiger partial charge in [-0.15, -0.1) is 0 Å². The van der Waals surface area contributed by atoms with Crippen LogP contribution in [-0.2, 0) is 21.5 Å². The van der Waals surface area contributed by atoms with Crippen LogP contribution in [-0.4, -0.2) is 61.6 Å². The van der Waals surface area contributed by atoms with Gasteiger partial charge in [-0.25, -0.2) is 4.79 Å². The van der Waals surface area contributed by atoms with Crippen molar-refractivity contribution >= 4 is 25.1 Å².